The van der Waals surface area contributed by atoms with Crippen LogP contribution in [0.3, 0.4) is 0 Å². The van der Waals surface area contributed by atoms with Crippen molar-refractivity contribution in [3.05, 3.63) is 53.6 Å². The van der Waals surface area contributed by atoms with Crippen molar-refractivity contribution < 1.29 is 23.9 Å². The van der Waals surface area contributed by atoms with Crippen molar-refractivity contribution in [3.8, 4) is 5.75 Å². The van der Waals surface area contributed by atoms with Gasteiger partial charge in [-0.25, -0.2) is 23.7 Å². The van der Waals surface area contributed by atoms with Gasteiger partial charge in [0.05, 0.1) is 24.4 Å². The first-order valence-corrected chi connectivity index (χ1v) is 9.64. The van der Waals surface area contributed by atoms with Crippen LogP contribution >= 0.6 is 0 Å². The number of benzene rings is 1. The van der Waals surface area contributed by atoms with Gasteiger partial charge in [-0.2, -0.15) is 5.10 Å². The molecular weight excluding hydrogens is 393 g/mol. The first-order valence-electron chi connectivity index (χ1n) is 9.64. The van der Waals surface area contributed by atoms with Crippen LogP contribution in [0.2, 0.25) is 0 Å². The summed E-state index contributed by atoms with van der Waals surface area (Å²) >= 11 is 0. The van der Waals surface area contributed by atoms with Gasteiger partial charge in [-0.1, -0.05) is 0 Å². The number of halogens is 1. The van der Waals surface area contributed by atoms with Crippen LogP contribution in [0.4, 0.5) is 10.2 Å². The molecule has 1 unspecified atom stereocenters. The summed E-state index contributed by atoms with van der Waals surface area (Å²) in [5, 5.41) is 14.9. The maximum absolute atomic E-state index is 14.1. The lowest BCUT2D eigenvalue weighted by Crippen LogP contribution is -2.30. The van der Waals surface area contributed by atoms with Gasteiger partial charge in [0.2, 0.25) is 0 Å². The van der Waals surface area contributed by atoms with E-state index in [1.807, 2.05) is 0 Å². The van der Waals surface area contributed by atoms with Crippen LogP contribution in [0.1, 0.15) is 41.2 Å². The first kappa shape index (κ1) is 18.8. The molecule has 0 bridgehead atoms. The van der Waals surface area contributed by atoms with Gasteiger partial charge in [-0.05, 0) is 31.0 Å². The zero-order chi connectivity index (χ0) is 20.9. The van der Waals surface area contributed by atoms with Gasteiger partial charge in [-0.15, -0.1) is 0 Å². The molecule has 0 amide bonds. The molecule has 2 aliphatic rings. The summed E-state index contributed by atoms with van der Waals surface area (Å²) in [5.41, 5.74) is 6.63. The van der Waals surface area contributed by atoms with Gasteiger partial charge in [-0.3, -0.25) is 4.84 Å². The number of hydrogen-bond acceptors (Lipinski definition) is 7. The highest BCUT2D eigenvalue weighted by Crippen LogP contribution is 2.40. The molecule has 1 saturated carbocycles. The summed E-state index contributed by atoms with van der Waals surface area (Å²) in [5.74, 6) is -0.554. The number of fused-ring (bicyclic) bond motifs is 1. The highest BCUT2D eigenvalue weighted by Gasteiger charge is 2.40. The summed E-state index contributed by atoms with van der Waals surface area (Å²) in [6, 6.07) is 5.70. The number of carbonyl (C=O) groups is 1. The monoisotopic (exact) mass is 413 g/mol. The van der Waals surface area contributed by atoms with Gasteiger partial charge in [0.1, 0.15) is 23.7 Å². The number of nitrogens with zero attached hydrogens (tertiary/aromatic N) is 4. The molecule has 30 heavy (non-hydrogen) atoms. The average Bonchev–Trinajstić information content (AvgIpc) is 3.13. The highest BCUT2D eigenvalue weighted by molar-refractivity contribution is 5.94. The molecule has 9 nitrogen and oxygen atoms in total. The minimum Gasteiger partial charge on any atom is -0.491 e. The number of hydroxylamine groups is 1. The third-order valence-corrected chi connectivity index (χ3v) is 5.45. The molecule has 156 valence electrons. The minimum absolute atomic E-state index is 0.0138. The van der Waals surface area contributed by atoms with E-state index < -0.39 is 5.97 Å². The highest BCUT2D eigenvalue weighted by atomic mass is 19.1. The number of ether oxygens (including phenoxy) is 1. The summed E-state index contributed by atoms with van der Waals surface area (Å²) in [7, 11) is 0. The molecule has 3 N–H and O–H groups in total. The molecular formula is C20H20FN5O4. The quantitative estimate of drug-likeness (QED) is 0.633. The summed E-state index contributed by atoms with van der Waals surface area (Å²) < 4.78 is 21.4. The SMILES string of the molecule is NC1(COc2ccc(F)cc2C2CCON2c2ccn3ncc(C(=O)O)c3n2)CC1. The summed E-state index contributed by atoms with van der Waals surface area (Å²) in [4.78, 5) is 21.6. The number of rotatable bonds is 6. The lowest BCUT2D eigenvalue weighted by atomic mass is 10.0. The van der Waals surface area contributed by atoms with Crippen LogP contribution < -0.4 is 15.5 Å². The normalized spacial score (nSPS) is 19.9. The van der Waals surface area contributed by atoms with Crippen LogP contribution in [-0.4, -0.2) is 44.4 Å². The molecule has 1 aliphatic carbocycles. The Morgan fingerprint density at radius 3 is 3.00 bits per heavy atom. The third kappa shape index (κ3) is 3.33. The molecule has 1 aliphatic heterocycles. The van der Waals surface area contributed by atoms with E-state index in [9.17, 15) is 14.3 Å². The van der Waals surface area contributed by atoms with E-state index in [-0.39, 0.29) is 28.6 Å². The Hall–Kier alpha value is -3.24. The van der Waals surface area contributed by atoms with Crippen molar-refractivity contribution in [2.45, 2.75) is 30.8 Å². The van der Waals surface area contributed by atoms with Crippen LogP contribution in [0.15, 0.2) is 36.7 Å². The van der Waals surface area contributed by atoms with E-state index >= 15 is 0 Å². The molecule has 1 saturated heterocycles. The van der Waals surface area contributed by atoms with Gasteiger partial charge >= 0.3 is 5.97 Å². The lowest BCUT2D eigenvalue weighted by Gasteiger charge is -2.26. The molecule has 3 aromatic rings. The summed E-state index contributed by atoms with van der Waals surface area (Å²) in [6.07, 6.45) is 5.26. The van der Waals surface area contributed by atoms with Crippen molar-refractivity contribution >= 4 is 17.4 Å². The first-order chi connectivity index (χ1) is 14.4. The Bertz CT molecular complexity index is 1130. The molecule has 3 heterocycles. The van der Waals surface area contributed by atoms with Crippen LogP contribution in [0.5, 0.6) is 5.75 Å². The molecule has 5 rings (SSSR count). The topological polar surface area (TPSA) is 115 Å². The van der Waals surface area contributed by atoms with Crippen molar-refractivity contribution in [2.24, 2.45) is 5.73 Å². The molecule has 1 atom stereocenters. The van der Waals surface area contributed by atoms with E-state index in [4.69, 9.17) is 15.3 Å². The van der Waals surface area contributed by atoms with E-state index in [0.29, 0.717) is 36.8 Å². The van der Waals surface area contributed by atoms with Gasteiger partial charge < -0.3 is 15.6 Å². The van der Waals surface area contributed by atoms with Crippen molar-refractivity contribution in [1.29, 1.82) is 0 Å². The fourth-order valence-electron chi connectivity index (χ4n) is 3.55. The predicted molar refractivity (Wildman–Crippen MR) is 104 cm³/mol. The molecule has 2 aromatic heterocycles. The Balaban J connectivity index is 1.49. The molecule has 1 aromatic carbocycles. The third-order valence-electron chi connectivity index (χ3n) is 5.45. The standard InChI is InChI=1S/C20H20FN5O4/c21-12-1-2-16(29-11-20(22)5-6-20)13(9-12)15-4-8-30-26(15)17-3-7-25-18(24-17)14(10-23-25)19(27)28/h1-3,7,9-10,15H,4-6,8,11,22H2,(H,27,28). The van der Waals surface area contributed by atoms with Gasteiger partial charge in [0.15, 0.2) is 11.5 Å². The Morgan fingerprint density at radius 1 is 1.40 bits per heavy atom. The second-order valence-corrected chi connectivity index (χ2v) is 7.71. The number of carboxylic acids is 1. The number of aromatic nitrogens is 3. The van der Waals surface area contributed by atoms with Gasteiger partial charge in [0.25, 0.3) is 0 Å². The Labute approximate surface area is 170 Å². The Kier molecular flexibility index (Phi) is 4.33. The molecule has 2 fully saturated rings. The van der Waals surface area contributed by atoms with Crippen molar-refractivity contribution in [2.75, 3.05) is 18.3 Å². The van der Waals surface area contributed by atoms with Crippen LogP contribution in [-0.2, 0) is 4.84 Å². The maximum atomic E-state index is 14.1. The zero-order valence-electron chi connectivity index (χ0n) is 16.0. The van der Waals surface area contributed by atoms with E-state index in [2.05, 4.69) is 10.1 Å². The second-order valence-electron chi connectivity index (χ2n) is 7.71. The van der Waals surface area contributed by atoms with Crippen LogP contribution in [0, 0.1) is 5.82 Å². The van der Waals surface area contributed by atoms with E-state index in [1.165, 1.54) is 22.8 Å². The Morgan fingerprint density at radius 2 is 2.23 bits per heavy atom. The van der Waals surface area contributed by atoms with Gasteiger partial charge in [0, 0.05) is 24.2 Å². The van der Waals surface area contributed by atoms with Crippen molar-refractivity contribution in [1.82, 2.24) is 14.6 Å². The fourth-order valence-corrected chi connectivity index (χ4v) is 3.55. The number of carboxylic acid groups (broad SMARTS) is 1. The van der Waals surface area contributed by atoms with Crippen molar-refractivity contribution in [3.63, 3.8) is 0 Å². The largest absolute Gasteiger partial charge is 0.491 e. The predicted octanol–water partition coefficient (Wildman–Crippen LogP) is 2.32. The smallest absolute Gasteiger partial charge is 0.341 e. The summed E-state index contributed by atoms with van der Waals surface area (Å²) in [6.45, 7) is 0.764. The number of anilines is 1. The number of hydrogen-bond donors (Lipinski definition) is 2. The number of aromatic carboxylic acids is 1. The lowest BCUT2D eigenvalue weighted by molar-refractivity contribution is 0.0698. The number of nitrogens with two attached hydrogens (primary N) is 1. The zero-order valence-corrected chi connectivity index (χ0v) is 16.0. The average molecular weight is 413 g/mol. The van der Waals surface area contributed by atoms with Crippen LogP contribution in [0.25, 0.3) is 5.65 Å². The van der Waals surface area contributed by atoms with E-state index in [0.717, 1.165) is 12.8 Å². The fraction of sp³-hybridized carbons (Fsp3) is 0.350. The molecule has 0 spiro atoms. The minimum atomic E-state index is -1.12. The molecule has 0 radical (unpaired) electrons. The van der Waals surface area contributed by atoms with E-state index in [1.54, 1.807) is 23.4 Å². The molecule has 10 heteroatoms. The second kappa shape index (κ2) is 6.92. The maximum Gasteiger partial charge on any atom is 0.341 e.